The molecule has 1 amide bonds. The first-order valence-corrected chi connectivity index (χ1v) is 10.2. The lowest BCUT2D eigenvalue weighted by Crippen LogP contribution is -2.33. The van der Waals surface area contributed by atoms with Crippen molar-refractivity contribution in [1.29, 1.82) is 0 Å². The number of aromatic nitrogens is 4. The number of hydrogen-bond acceptors (Lipinski definition) is 6. The smallest absolute Gasteiger partial charge is 0.264 e. The molecular formula is C23H21N5O4. The number of para-hydroxylation sites is 1. The van der Waals surface area contributed by atoms with Gasteiger partial charge in [-0.15, -0.1) is 0 Å². The second-order valence-corrected chi connectivity index (χ2v) is 7.53. The Hall–Kier alpha value is -4.14. The lowest BCUT2D eigenvalue weighted by atomic mass is 10.2. The van der Waals surface area contributed by atoms with E-state index in [2.05, 4.69) is 10.1 Å². The van der Waals surface area contributed by atoms with Gasteiger partial charge in [-0.2, -0.15) is 5.10 Å². The van der Waals surface area contributed by atoms with Gasteiger partial charge in [-0.25, -0.2) is 9.67 Å². The normalized spacial score (nSPS) is 12.7. The summed E-state index contributed by atoms with van der Waals surface area (Å²) in [5, 5.41) is 4.66. The van der Waals surface area contributed by atoms with E-state index in [0.717, 1.165) is 11.3 Å². The molecule has 1 aliphatic heterocycles. The molecule has 4 aromatic rings. The number of carbonyl (C=O) groups is 1. The monoisotopic (exact) mass is 431 g/mol. The quantitative estimate of drug-likeness (QED) is 0.480. The van der Waals surface area contributed by atoms with Crippen molar-refractivity contribution in [2.75, 3.05) is 20.3 Å². The van der Waals surface area contributed by atoms with Crippen LogP contribution in [0.2, 0.25) is 0 Å². The summed E-state index contributed by atoms with van der Waals surface area (Å²) >= 11 is 0. The van der Waals surface area contributed by atoms with E-state index in [9.17, 15) is 9.59 Å². The van der Waals surface area contributed by atoms with Gasteiger partial charge in [-0.3, -0.25) is 14.2 Å². The van der Waals surface area contributed by atoms with Crippen molar-refractivity contribution in [3.8, 4) is 17.2 Å². The molecule has 1 aliphatic rings. The van der Waals surface area contributed by atoms with Crippen LogP contribution >= 0.6 is 0 Å². The second-order valence-electron chi connectivity index (χ2n) is 7.53. The first kappa shape index (κ1) is 19.8. The SMILES string of the molecule is CN(Cc1ccc2c(c1)OCCO2)C(=O)Cn1cnc2c(cnn2-c2ccccc2)c1=O. The molecule has 2 aromatic heterocycles. The van der Waals surface area contributed by atoms with E-state index in [1.165, 1.54) is 17.1 Å². The molecule has 162 valence electrons. The molecule has 32 heavy (non-hydrogen) atoms. The van der Waals surface area contributed by atoms with Gasteiger partial charge in [0.1, 0.15) is 31.5 Å². The minimum Gasteiger partial charge on any atom is -0.486 e. The summed E-state index contributed by atoms with van der Waals surface area (Å²) in [5.74, 6) is 1.17. The van der Waals surface area contributed by atoms with E-state index in [1.54, 1.807) is 16.6 Å². The molecule has 0 bridgehead atoms. The molecule has 0 radical (unpaired) electrons. The number of fused-ring (bicyclic) bond motifs is 2. The van der Waals surface area contributed by atoms with Crippen LogP contribution in [-0.2, 0) is 17.9 Å². The van der Waals surface area contributed by atoms with Crippen LogP contribution in [0.5, 0.6) is 11.5 Å². The van der Waals surface area contributed by atoms with Gasteiger partial charge in [0, 0.05) is 13.6 Å². The molecule has 0 fully saturated rings. The maximum Gasteiger partial charge on any atom is 0.264 e. The van der Waals surface area contributed by atoms with Crippen molar-refractivity contribution in [3.63, 3.8) is 0 Å². The zero-order valence-electron chi connectivity index (χ0n) is 17.5. The van der Waals surface area contributed by atoms with E-state index in [4.69, 9.17) is 9.47 Å². The van der Waals surface area contributed by atoms with Crippen molar-refractivity contribution in [3.05, 3.63) is 77.0 Å². The molecule has 0 atom stereocenters. The van der Waals surface area contributed by atoms with Gasteiger partial charge in [-0.05, 0) is 29.8 Å². The first-order chi connectivity index (χ1) is 15.6. The number of carbonyl (C=O) groups excluding carboxylic acids is 1. The minimum atomic E-state index is -0.307. The van der Waals surface area contributed by atoms with Gasteiger partial charge in [0.25, 0.3) is 5.56 Å². The van der Waals surface area contributed by atoms with Crippen LogP contribution in [0.3, 0.4) is 0 Å². The topological polar surface area (TPSA) is 91.5 Å². The third-order valence-corrected chi connectivity index (χ3v) is 5.31. The van der Waals surface area contributed by atoms with Crippen LogP contribution in [-0.4, -0.2) is 50.4 Å². The summed E-state index contributed by atoms with van der Waals surface area (Å²) in [6, 6.07) is 15.1. The lowest BCUT2D eigenvalue weighted by Gasteiger charge is -2.21. The summed E-state index contributed by atoms with van der Waals surface area (Å²) in [6.07, 6.45) is 2.87. The van der Waals surface area contributed by atoms with Crippen molar-refractivity contribution in [2.45, 2.75) is 13.1 Å². The Labute approximate surface area is 183 Å². The number of ether oxygens (including phenoxy) is 2. The van der Waals surface area contributed by atoms with Crippen molar-refractivity contribution in [2.24, 2.45) is 0 Å². The minimum absolute atomic E-state index is 0.112. The highest BCUT2D eigenvalue weighted by Gasteiger charge is 2.17. The third-order valence-electron chi connectivity index (χ3n) is 5.31. The molecule has 5 rings (SSSR count). The standard InChI is InChI=1S/C23H21N5O4/c1-26(13-16-7-8-19-20(11-16)32-10-9-31-19)21(29)14-27-15-24-22-18(23(27)30)12-25-28(22)17-5-3-2-4-6-17/h2-8,11-12,15H,9-10,13-14H2,1H3. The van der Waals surface area contributed by atoms with Gasteiger partial charge in [0.15, 0.2) is 17.1 Å². The summed E-state index contributed by atoms with van der Waals surface area (Å²) in [5.41, 5.74) is 1.87. The summed E-state index contributed by atoms with van der Waals surface area (Å²) < 4.78 is 14.0. The average molecular weight is 431 g/mol. The summed E-state index contributed by atoms with van der Waals surface area (Å²) in [4.78, 5) is 31.7. The Kier molecular flexibility index (Phi) is 5.06. The maximum absolute atomic E-state index is 12.9. The van der Waals surface area contributed by atoms with Crippen LogP contribution in [0.25, 0.3) is 16.7 Å². The first-order valence-electron chi connectivity index (χ1n) is 10.2. The largest absolute Gasteiger partial charge is 0.486 e. The predicted molar refractivity (Wildman–Crippen MR) is 117 cm³/mol. The van der Waals surface area contributed by atoms with E-state index in [1.807, 2.05) is 48.5 Å². The second kappa shape index (κ2) is 8.18. The number of amides is 1. The third kappa shape index (κ3) is 3.68. The Morgan fingerprint density at radius 2 is 1.88 bits per heavy atom. The van der Waals surface area contributed by atoms with Gasteiger partial charge < -0.3 is 14.4 Å². The summed E-state index contributed by atoms with van der Waals surface area (Å²) in [7, 11) is 1.70. The van der Waals surface area contributed by atoms with Crippen molar-refractivity contribution in [1.82, 2.24) is 24.2 Å². The van der Waals surface area contributed by atoms with Crippen molar-refractivity contribution < 1.29 is 14.3 Å². The fourth-order valence-corrected chi connectivity index (χ4v) is 3.63. The Morgan fingerprint density at radius 3 is 2.69 bits per heavy atom. The molecule has 0 saturated carbocycles. The van der Waals surface area contributed by atoms with E-state index >= 15 is 0 Å². The molecule has 2 aromatic carbocycles. The molecule has 0 saturated heterocycles. The predicted octanol–water partition coefficient (Wildman–Crippen LogP) is 2.01. The zero-order chi connectivity index (χ0) is 22.1. The highest BCUT2D eigenvalue weighted by atomic mass is 16.6. The highest BCUT2D eigenvalue weighted by Crippen LogP contribution is 2.31. The lowest BCUT2D eigenvalue weighted by molar-refractivity contribution is -0.131. The van der Waals surface area contributed by atoms with Crippen LogP contribution in [0.1, 0.15) is 5.56 Å². The number of rotatable bonds is 5. The molecule has 3 heterocycles. The van der Waals surface area contributed by atoms with Crippen LogP contribution in [0.15, 0.2) is 65.8 Å². The maximum atomic E-state index is 12.9. The fraction of sp³-hybridized carbons (Fsp3) is 0.217. The van der Waals surface area contributed by atoms with Crippen LogP contribution in [0, 0.1) is 0 Å². The van der Waals surface area contributed by atoms with Gasteiger partial charge in [0.05, 0.1) is 11.9 Å². The van der Waals surface area contributed by atoms with Gasteiger partial charge in [-0.1, -0.05) is 24.3 Å². The van der Waals surface area contributed by atoms with Gasteiger partial charge in [0.2, 0.25) is 5.91 Å². The van der Waals surface area contributed by atoms with E-state index in [0.29, 0.717) is 42.3 Å². The molecule has 0 unspecified atom stereocenters. The zero-order valence-corrected chi connectivity index (χ0v) is 17.5. The Bertz CT molecular complexity index is 1350. The number of benzene rings is 2. The number of hydrogen-bond donors (Lipinski definition) is 0. The van der Waals surface area contributed by atoms with Crippen molar-refractivity contribution >= 4 is 16.9 Å². The molecule has 0 aliphatic carbocycles. The fourth-order valence-electron chi connectivity index (χ4n) is 3.63. The molecule has 0 N–H and O–H groups in total. The van der Waals surface area contributed by atoms with E-state index in [-0.39, 0.29) is 18.0 Å². The molecule has 9 nitrogen and oxygen atoms in total. The highest BCUT2D eigenvalue weighted by molar-refractivity contribution is 5.78. The molecule has 9 heteroatoms. The Balaban J connectivity index is 1.33. The number of likely N-dealkylation sites (N-methyl/N-ethyl adjacent to an activating group) is 1. The Morgan fingerprint density at radius 1 is 1.09 bits per heavy atom. The van der Waals surface area contributed by atoms with Crippen LogP contribution < -0.4 is 15.0 Å². The average Bonchev–Trinajstić information content (AvgIpc) is 3.26. The van der Waals surface area contributed by atoms with Crippen LogP contribution in [0.4, 0.5) is 0 Å². The van der Waals surface area contributed by atoms with Gasteiger partial charge >= 0.3 is 0 Å². The van der Waals surface area contributed by atoms with E-state index < -0.39 is 0 Å². The molecular weight excluding hydrogens is 410 g/mol. The molecule has 0 spiro atoms. The summed E-state index contributed by atoms with van der Waals surface area (Å²) in [6.45, 7) is 1.30. The number of nitrogens with zero attached hydrogens (tertiary/aromatic N) is 5.